The molecule has 1 aromatic carbocycles. The van der Waals surface area contributed by atoms with E-state index in [0.717, 1.165) is 28.4 Å². The van der Waals surface area contributed by atoms with Crippen molar-refractivity contribution in [2.75, 3.05) is 0 Å². The highest BCUT2D eigenvalue weighted by molar-refractivity contribution is 6.04. The van der Waals surface area contributed by atoms with Gasteiger partial charge in [0, 0.05) is 22.7 Å². The van der Waals surface area contributed by atoms with Crippen molar-refractivity contribution in [2.24, 2.45) is 0 Å². The van der Waals surface area contributed by atoms with Crippen molar-refractivity contribution in [2.45, 2.75) is 46.6 Å². The maximum Gasteiger partial charge on any atom is 0.335 e. The van der Waals surface area contributed by atoms with Gasteiger partial charge in [0.15, 0.2) is 6.29 Å². The normalized spacial score (nSPS) is 11.6. The number of rotatable bonds is 4. The molecule has 0 saturated carbocycles. The molecular formula is C17H21NO3. The molecule has 2 aromatic rings. The Hall–Kier alpha value is -2.10. The number of fused-ring (bicyclic) bond motifs is 1. The summed E-state index contributed by atoms with van der Waals surface area (Å²) in [5.74, 6) is -0.788. The van der Waals surface area contributed by atoms with E-state index in [-0.39, 0.29) is 17.5 Å². The monoisotopic (exact) mass is 287 g/mol. The Balaban J connectivity index is 3.03. The molecule has 4 heteroatoms. The molecule has 1 heterocycles. The molecule has 0 spiro atoms. The van der Waals surface area contributed by atoms with Gasteiger partial charge in [0.2, 0.25) is 0 Å². The maximum atomic E-state index is 11.5. The van der Waals surface area contributed by atoms with Gasteiger partial charge in [-0.2, -0.15) is 0 Å². The third kappa shape index (κ3) is 2.35. The van der Waals surface area contributed by atoms with E-state index in [1.165, 1.54) is 0 Å². The van der Waals surface area contributed by atoms with Gasteiger partial charge in [-0.05, 0) is 44.4 Å². The number of carbonyl (C=O) groups is 2. The Labute approximate surface area is 124 Å². The van der Waals surface area contributed by atoms with Crippen LogP contribution in [0.5, 0.6) is 0 Å². The van der Waals surface area contributed by atoms with Crippen molar-refractivity contribution in [1.29, 1.82) is 0 Å². The fourth-order valence-corrected chi connectivity index (χ4v) is 2.98. The van der Waals surface area contributed by atoms with Crippen LogP contribution in [0.15, 0.2) is 12.1 Å². The molecule has 0 unspecified atom stereocenters. The Bertz CT molecular complexity index is 723. The summed E-state index contributed by atoms with van der Waals surface area (Å²) in [6, 6.07) is 3.54. The number of carbonyl (C=O) groups excluding carboxylic acids is 1. The van der Waals surface area contributed by atoms with Crippen molar-refractivity contribution >= 4 is 23.2 Å². The molecule has 0 atom stereocenters. The largest absolute Gasteiger partial charge is 0.478 e. The molecule has 2 rings (SSSR count). The average Bonchev–Trinajstić information content (AvgIpc) is 2.68. The molecule has 21 heavy (non-hydrogen) atoms. The van der Waals surface area contributed by atoms with E-state index in [2.05, 4.69) is 18.4 Å². The molecule has 0 aliphatic heterocycles. The summed E-state index contributed by atoms with van der Waals surface area (Å²) in [6.45, 7) is 10.1. The predicted octanol–water partition coefficient (Wildman–Crippen LogP) is 4.16. The van der Waals surface area contributed by atoms with Gasteiger partial charge in [-0.1, -0.05) is 13.8 Å². The summed E-state index contributed by atoms with van der Waals surface area (Å²) in [5, 5.41) is 10.0. The molecule has 0 bridgehead atoms. The highest BCUT2D eigenvalue weighted by Gasteiger charge is 2.21. The number of benzene rings is 1. The van der Waals surface area contributed by atoms with Crippen LogP contribution in [-0.2, 0) is 0 Å². The number of aromatic nitrogens is 1. The van der Waals surface area contributed by atoms with Crippen molar-refractivity contribution in [3.05, 3.63) is 34.5 Å². The first-order valence-electron chi connectivity index (χ1n) is 7.16. The number of aldehydes is 1. The number of carboxylic acid groups (broad SMARTS) is 1. The second-order valence-electron chi connectivity index (χ2n) is 6.00. The molecule has 0 fully saturated rings. The number of hydrogen-bond donors (Lipinski definition) is 1. The van der Waals surface area contributed by atoms with Crippen LogP contribution >= 0.6 is 0 Å². The van der Waals surface area contributed by atoms with Gasteiger partial charge >= 0.3 is 5.97 Å². The van der Waals surface area contributed by atoms with Crippen LogP contribution < -0.4 is 0 Å². The lowest BCUT2D eigenvalue weighted by Gasteiger charge is -2.17. The highest BCUT2D eigenvalue weighted by Crippen LogP contribution is 2.34. The van der Waals surface area contributed by atoms with Crippen LogP contribution in [0.3, 0.4) is 0 Å². The topological polar surface area (TPSA) is 59.3 Å². The molecular weight excluding hydrogens is 266 g/mol. The maximum absolute atomic E-state index is 11.5. The Kier molecular flexibility index (Phi) is 3.90. The fraction of sp³-hybridized carbons (Fsp3) is 0.412. The molecule has 112 valence electrons. The second-order valence-corrected chi connectivity index (χ2v) is 6.00. The first kappa shape index (κ1) is 15.3. The van der Waals surface area contributed by atoms with E-state index in [1.54, 1.807) is 12.1 Å². The molecule has 4 nitrogen and oxygen atoms in total. The third-order valence-corrected chi connectivity index (χ3v) is 3.92. The smallest absolute Gasteiger partial charge is 0.335 e. The van der Waals surface area contributed by atoms with Gasteiger partial charge in [-0.15, -0.1) is 0 Å². The molecule has 0 aliphatic rings. The summed E-state index contributed by atoms with van der Waals surface area (Å²) in [5.41, 5.74) is 3.65. The SMILES string of the molecule is Cc1c(C=O)c2cc(C(=O)O)cc(C(C)C)c2n1C(C)C. The van der Waals surface area contributed by atoms with Crippen LogP contribution in [0.1, 0.15) is 71.6 Å². The minimum atomic E-state index is -0.967. The van der Waals surface area contributed by atoms with E-state index in [1.807, 2.05) is 20.8 Å². The zero-order chi connectivity index (χ0) is 15.9. The van der Waals surface area contributed by atoms with Gasteiger partial charge in [0.1, 0.15) is 0 Å². The lowest BCUT2D eigenvalue weighted by Crippen LogP contribution is -2.06. The van der Waals surface area contributed by atoms with E-state index in [0.29, 0.717) is 5.56 Å². The molecule has 0 radical (unpaired) electrons. The van der Waals surface area contributed by atoms with E-state index in [9.17, 15) is 14.7 Å². The standard InChI is InChI=1S/C17H21NO3/c1-9(2)13-6-12(17(20)21)7-14-15(8-19)11(5)18(10(3)4)16(13)14/h6-10H,1-5H3,(H,20,21). The Morgan fingerprint density at radius 2 is 1.86 bits per heavy atom. The summed E-state index contributed by atoms with van der Waals surface area (Å²) < 4.78 is 2.13. The van der Waals surface area contributed by atoms with Gasteiger partial charge in [0.25, 0.3) is 0 Å². The molecule has 0 amide bonds. The summed E-state index contributed by atoms with van der Waals surface area (Å²) >= 11 is 0. The van der Waals surface area contributed by atoms with Crippen LogP contribution in [0.4, 0.5) is 0 Å². The van der Waals surface area contributed by atoms with Crippen molar-refractivity contribution in [3.8, 4) is 0 Å². The zero-order valence-corrected chi connectivity index (χ0v) is 13.1. The average molecular weight is 287 g/mol. The first-order chi connectivity index (χ1) is 9.79. The number of carboxylic acids is 1. The van der Waals surface area contributed by atoms with Gasteiger partial charge in [-0.3, -0.25) is 4.79 Å². The van der Waals surface area contributed by atoms with Crippen molar-refractivity contribution < 1.29 is 14.7 Å². The van der Waals surface area contributed by atoms with Crippen LogP contribution in [-0.4, -0.2) is 21.9 Å². The van der Waals surface area contributed by atoms with E-state index in [4.69, 9.17) is 0 Å². The summed E-state index contributed by atoms with van der Waals surface area (Å²) in [4.78, 5) is 22.8. The van der Waals surface area contributed by atoms with Gasteiger partial charge in [0.05, 0.1) is 11.1 Å². The quantitative estimate of drug-likeness (QED) is 0.859. The van der Waals surface area contributed by atoms with Gasteiger partial charge in [-0.25, -0.2) is 4.79 Å². The van der Waals surface area contributed by atoms with Crippen molar-refractivity contribution in [1.82, 2.24) is 4.57 Å². The highest BCUT2D eigenvalue weighted by atomic mass is 16.4. The van der Waals surface area contributed by atoms with Crippen LogP contribution in [0, 0.1) is 6.92 Å². The molecule has 1 aromatic heterocycles. The van der Waals surface area contributed by atoms with E-state index < -0.39 is 5.97 Å². The lowest BCUT2D eigenvalue weighted by atomic mass is 9.96. The van der Waals surface area contributed by atoms with Crippen LogP contribution in [0.2, 0.25) is 0 Å². The second kappa shape index (κ2) is 5.35. The zero-order valence-electron chi connectivity index (χ0n) is 13.1. The Morgan fingerprint density at radius 1 is 1.24 bits per heavy atom. The van der Waals surface area contributed by atoms with E-state index >= 15 is 0 Å². The third-order valence-electron chi connectivity index (χ3n) is 3.92. The molecule has 0 aliphatic carbocycles. The lowest BCUT2D eigenvalue weighted by molar-refractivity contribution is 0.0696. The number of aromatic carboxylic acids is 1. The van der Waals surface area contributed by atoms with Crippen molar-refractivity contribution in [3.63, 3.8) is 0 Å². The number of nitrogens with zero attached hydrogens (tertiary/aromatic N) is 1. The summed E-state index contributed by atoms with van der Waals surface area (Å²) in [6.07, 6.45) is 0.826. The first-order valence-corrected chi connectivity index (χ1v) is 7.16. The number of hydrogen-bond acceptors (Lipinski definition) is 2. The van der Waals surface area contributed by atoms with Gasteiger partial charge < -0.3 is 9.67 Å². The predicted molar refractivity (Wildman–Crippen MR) is 83.5 cm³/mol. The minimum absolute atomic E-state index is 0.179. The molecule has 1 N–H and O–H groups in total. The molecule has 0 saturated heterocycles. The van der Waals surface area contributed by atoms with Crippen LogP contribution in [0.25, 0.3) is 10.9 Å². The fourth-order valence-electron chi connectivity index (χ4n) is 2.98. The Morgan fingerprint density at radius 3 is 2.29 bits per heavy atom. The summed E-state index contributed by atoms with van der Waals surface area (Å²) in [7, 11) is 0. The minimum Gasteiger partial charge on any atom is -0.478 e.